The molecule has 0 saturated carbocycles. The number of thioether (sulfide) groups is 1. The summed E-state index contributed by atoms with van der Waals surface area (Å²) in [5, 5.41) is 4.50. The fourth-order valence-electron chi connectivity index (χ4n) is 1.23. The Morgan fingerprint density at radius 3 is 2.69 bits per heavy atom. The van der Waals surface area contributed by atoms with Crippen molar-refractivity contribution < 1.29 is 0 Å². The molecule has 0 amide bonds. The SMILES string of the molecule is CC(C)(C)NCCCCSc1cnccn1. The zero-order valence-corrected chi connectivity index (χ0v) is 11.2. The maximum absolute atomic E-state index is 4.22. The molecule has 1 aromatic rings. The molecule has 1 aromatic heterocycles. The summed E-state index contributed by atoms with van der Waals surface area (Å²) in [5.41, 5.74) is 0.234. The summed E-state index contributed by atoms with van der Waals surface area (Å²) in [5.74, 6) is 1.12. The van der Waals surface area contributed by atoms with E-state index in [1.165, 1.54) is 12.8 Å². The van der Waals surface area contributed by atoms with Crippen molar-refractivity contribution in [2.24, 2.45) is 0 Å². The molecule has 0 radical (unpaired) electrons. The first kappa shape index (κ1) is 13.5. The summed E-state index contributed by atoms with van der Waals surface area (Å²) < 4.78 is 0. The van der Waals surface area contributed by atoms with E-state index in [1.54, 1.807) is 24.2 Å². The van der Waals surface area contributed by atoms with Crippen LogP contribution in [0.1, 0.15) is 33.6 Å². The number of unbranched alkanes of at least 4 members (excludes halogenated alkanes) is 1. The molecule has 1 rings (SSSR count). The van der Waals surface area contributed by atoms with Gasteiger partial charge in [-0.3, -0.25) is 4.98 Å². The van der Waals surface area contributed by atoms with E-state index in [0.717, 1.165) is 17.3 Å². The summed E-state index contributed by atoms with van der Waals surface area (Å²) in [6, 6.07) is 0. The van der Waals surface area contributed by atoms with E-state index in [9.17, 15) is 0 Å². The average molecular weight is 239 g/mol. The van der Waals surface area contributed by atoms with Crippen LogP contribution in [0, 0.1) is 0 Å². The Morgan fingerprint density at radius 1 is 1.25 bits per heavy atom. The van der Waals surface area contributed by atoms with Crippen molar-refractivity contribution in [3.63, 3.8) is 0 Å². The van der Waals surface area contributed by atoms with E-state index < -0.39 is 0 Å². The first-order valence-electron chi connectivity index (χ1n) is 5.72. The highest BCUT2D eigenvalue weighted by Gasteiger charge is 2.06. The van der Waals surface area contributed by atoms with E-state index in [2.05, 4.69) is 36.1 Å². The van der Waals surface area contributed by atoms with Gasteiger partial charge in [-0.15, -0.1) is 11.8 Å². The third kappa shape index (κ3) is 6.80. The largest absolute Gasteiger partial charge is 0.312 e. The molecular formula is C12H21N3S. The lowest BCUT2D eigenvalue weighted by molar-refractivity contribution is 0.421. The lowest BCUT2D eigenvalue weighted by Gasteiger charge is -2.20. The molecule has 90 valence electrons. The van der Waals surface area contributed by atoms with Crippen LogP contribution >= 0.6 is 11.8 Å². The molecular weight excluding hydrogens is 218 g/mol. The van der Waals surface area contributed by atoms with Gasteiger partial charge in [-0.1, -0.05) is 0 Å². The minimum absolute atomic E-state index is 0.234. The third-order valence-electron chi connectivity index (χ3n) is 2.02. The molecule has 0 unspecified atom stereocenters. The smallest absolute Gasteiger partial charge is 0.114 e. The fourth-order valence-corrected chi connectivity index (χ4v) is 2.06. The molecule has 0 aromatic carbocycles. The number of rotatable bonds is 6. The van der Waals surface area contributed by atoms with Crippen molar-refractivity contribution >= 4 is 11.8 Å². The Morgan fingerprint density at radius 2 is 2.06 bits per heavy atom. The molecule has 0 atom stereocenters. The van der Waals surface area contributed by atoms with Crippen LogP contribution in [-0.2, 0) is 0 Å². The van der Waals surface area contributed by atoms with Gasteiger partial charge in [-0.25, -0.2) is 4.98 Å². The molecule has 4 heteroatoms. The van der Waals surface area contributed by atoms with Crippen LogP contribution in [0.15, 0.2) is 23.6 Å². The van der Waals surface area contributed by atoms with Gasteiger partial charge in [0.1, 0.15) is 5.03 Å². The highest BCUT2D eigenvalue weighted by atomic mass is 32.2. The number of hydrogen-bond acceptors (Lipinski definition) is 4. The Labute approximate surface area is 102 Å². The van der Waals surface area contributed by atoms with Gasteiger partial charge in [0, 0.05) is 17.9 Å². The van der Waals surface area contributed by atoms with Crippen LogP contribution in [0.5, 0.6) is 0 Å². The number of aromatic nitrogens is 2. The lowest BCUT2D eigenvalue weighted by Crippen LogP contribution is -2.36. The van der Waals surface area contributed by atoms with Gasteiger partial charge >= 0.3 is 0 Å². The Bertz CT molecular complexity index is 282. The van der Waals surface area contributed by atoms with Gasteiger partial charge in [0.05, 0.1) is 6.20 Å². The maximum atomic E-state index is 4.22. The van der Waals surface area contributed by atoms with Crippen LogP contribution in [0.4, 0.5) is 0 Å². The Hall–Kier alpha value is -0.610. The average Bonchev–Trinajstić information content (AvgIpc) is 2.23. The van der Waals surface area contributed by atoms with Crippen LogP contribution in [0.25, 0.3) is 0 Å². The summed E-state index contributed by atoms with van der Waals surface area (Å²) in [7, 11) is 0. The summed E-state index contributed by atoms with van der Waals surface area (Å²) in [4.78, 5) is 8.26. The first-order valence-corrected chi connectivity index (χ1v) is 6.70. The molecule has 0 saturated heterocycles. The van der Waals surface area contributed by atoms with Crippen molar-refractivity contribution in [3.05, 3.63) is 18.6 Å². The molecule has 0 spiro atoms. The molecule has 0 fully saturated rings. The molecule has 16 heavy (non-hydrogen) atoms. The molecule has 0 aliphatic heterocycles. The number of nitrogens with one attached hydrogen (secondary N) is 1. The monoisotopic (exact) mass is 239 g/mol. The lowest BCUT2D eigenvalue weighted by atomic mass is 10.1. The van der Waals surface area contributed by atoms with Gasteiger partial charge in [0.15, 0.2) is 0 Å². The maximum Gasteiger partial charge on any atom is 0.114 e. The van der Waals surface area contributed by atoms with Gasteiger partial charge in [0.2, 0.25) is 0 Å². The second kappa shape index (κ2) is 6.86. The van der Waals surface area contributed by atoms with E-state index in [0.29, 0.717) is 0 Å². The minimum atomic E-state index is 0.234. The van der Waals surface area contributed by atoms with Gasteiger partial charge < -0.3 is 5.32 Å². The fraction of sp³-hybridized carbons (Fsp3) is 0.667. The number of nitrogens with zero attached hydrogens (tertiary/aromatic N) is 2. The summed E-state index contributed by atoms with van der Waals surface area (Å²) >= 11 is 1.78. The van der Waals surface area contributed by atoms with Crippen LogP contribution in [-0.4, -0.2) is 27.8 Å². The second-order valence-corrected chi connectivity index (χ2v) is 5.89. The third-order valence-corrected chi connectivity index (χ3v) is 3.02. The summed E-state index contributed by atoms with van der Waals surface area (Å²) in [6.07, 6.45) is 7.69. The molecule has 1 heterocycles. The Kier molecular flexibility index (Phi) is 5.77. The second-order valence-electron chi connectivity index (χ2n) is 4.78. The van der Waals surface area contributed by atoms with Gasteiger partial charge in [0.25, 0.3) is 0 Å². The minimum Gasteiger partial charge on any atom is -0.312 e. The van der Waals surface area contributed by atoms with E-state index in [4.69, 9.17) is 0 Å². The quantitative estimate of drug-likeness (QED) is 0.612. The zero-order chi connectivity index (χ0) is 11.9. The van der Waals surface area contributed by atoms with Crippen LogP contribution in [0.3, 0.4) is 0 Å². The predicted octanol–water partition coefficient (Wildman–Crippen LogP) is 2.74. The van der Waals surface area contributed by atoms with E-state index in [-0.39, 0.29) is 5.54 Å². The van der Waals surface area contributed by atoms with Crippen LogP contribution < -0.4 is 5.32 Å². The normalized spacial score (nSPS) is 11.7. The van der Waals surface area contributed by atoms with Gasteiger partial charge in [-0.2, -0.15) is 0 Å². The van der Waals surface area contributed by atoms with Crippen LogP contribution in [0.2, 0.25) is 0 Å². The highest BCUT2D eigenvalue weighted by Crippen LogP contribution is 2.14. The summed E-state index contributed by atoms with van der Waals surface area (Å²) in [6.45, 7) is 7.68. The topological polar surface area (TPSA) is 37.8 Å². The zero-order valence-electron chi connectivity index (χ0n) is 10.4. The standard InChI is InChI=1S/C12H21N3S/c1-12(2,3)15-6-4-5-9-16-11-10-13-7-8-14-11/h7-8,10,15H,4-6,9H2,1-3H3. The first-order chi connectivity index (χ1) is 7.58. The van der Waals surface area contributed by atoms with E-state index in [1.807, 2.05) is 6.20 Å². The molecule has 0 bridgehead atoms. The van der Waals surface area contributed by atoms with Gasteiger partial charge in [-0.05, 0) is 45.9 Å². The molecule has 3 nitrogen and oxygen atoms in total. The predicted molar refractivity (Wildman–Crippen MR) is 69.7 cm³/mol. The van der Waals surface area contributed by atoms with E-state index >= 15 is 0 Å². The molecule has 0 aliphatic carbocycles. The molecule has 0 aliphatic rings. The number of hydrogen-bond donors (Lipinski definition) is 1. The molecule has 1 N–H and O–H groups in total. The van der Waals surface area contributed by atoms with Crippen molar-refractivity contribution in [2.75, 3.05) is 12.3 Å². The van der Waals surface area contributed by atoms with Crippen molar-refractivity contribution in [1.29, 1.82) is 0 Å². The highest BCUT2D eigenvalue weighted by molar-refractivity contribution is 7.99. The Balaban J connectivity index is 2.01. The van der Waals surface area contributed by atoms with Crippen molar-refractivity contribution in [2.45, 2.75) is 44.2 Å². The van der Waals surface area contributed by atoms with Crippen molar-refractivity contribution in [1.82, 2.24) is 15.3 Å². The van der Waals surface area contributed by atoms with Crippen molar-refractivity contribution in [3.8, 4) is 0 Å².